The van der Waals surface area contributed by atoms with Crippen molar-refractivity contribution in [2.75, 3.05) is 12.3 Å². The maximum Gasteiger partial charge on any atom is 0.235 e. The highest BCUT2D eigenvalue weighted by atomic mass is 32.2. The molecule has 0 saturated heterocycles. The van der Waals surface area contributed by atoms with Crippen molar-refractivity contribution < 1.29 is 13.2 Å². The van der Waals surface area contributed by atoms with Crippen LogP contribution in [0.15, 0.2) is 0 Å². The highest BCUT2D eigenvalue weighted by Gasteiger charge is 2.25. The molecule has 0 radical (unpaired) electrons. The molecule has 5 nitrogen and oxygen atoms in total. The first-order chi connectivity index (χ1) is 7.95. The highest BCUT2D eigenvalue weighted by Crippen LogP contribution is 2.17. The fraction of sp³-hybridized carbons (Fsp3) is 0.909. The molecule has 1 unspecified atom stereocenters. The van der Waals surface area contributed by atoms with Crippen LogP contribution in [0, 0.1) is 0 Å². The molecule has 0 aromatic rings. The molecule has 17 heavy (non-hydrogen) atoms. The molecule has 0 bridgehead atoms. The van der Waals surface area contributed by atoms with Crippen LogP contribution in [-0.4, -0.2) is 37.9 Å². The smallest absolute Gasteiger partial charge is 0.235 e. The van der Waals surface area contributed by atoms with E-state index in [4.69, 9.17) is 5.73 Å². The van der Waals surface area contributed by atoms with Crippen LogP contribution in [0.2, 0.25) is 0 Å². The van der Waals surface area contributed by atoms with Crippen LogP contribution in [0.3, 0.4) is 0 Å². The third kappa shape index (κ3) is 4.63. The molecule has 1 atom stereocenters. The molecule has 0 spiro atoms. The molecule has 1 aliphatic rings. The molecule has 1 rings (SSSR count). The Morgan fingerprint density at radius 1 is 1.41 bits per heavy atom. The average Bonchev–Trinajstić information content (AvgIpc) is 2.69. The van der Waals surface area contributed by atoms with Crippen LogP contribution in [0.1, 0.15) is 39.0 Å². The van der Waals surface area contributed by atoms with Crippen molar-refractivity contribution in [3.05, 3.63) is 0 Å². The predicted molar refractivity (Wildman–Crippen MR) is 67.3 cm³/mol. The van der Waals surface area contributed by atoms with E-state index in [1.807, 2.05) is 0 Å². The van der Waals surface area contributed by atoms with E-state index in [1.54, 1.807) is 6.92 Å². The number of hydrogen-bond donors (Lipinski definition) is 2. The topological polar surface area (TPSA) is 89.3 Å². The lowest BCUT2D eigenvalue weighted by Gasteiger charge is -2.14. The second kappa shape index (κ2) is 6.35. The number of nitrogens with two attached hydrogens (primary N) is 1. The summed E-state index contributed by atoms with van der Waals surface area (Å²) in [6.07, 6.45) is 4.55. The van der Waals surface area contributed by atoms with Crippen molar-refractivity contribution in [3.63, 3.8) is 0 Å². The lowest BCUT2D eigenvalue weighted by Crippen LogP contribution is -2.39. The molecule has 100 valence electrons. The summed E-state index contributed by atoms with van der Waals surface area (Å²) < 4.78 is 23.6. The third-order valence-electron chi connectivity index (χ3n) is 3.24. The van der Waals surface area contributed by atoms with Gasteiger partial charge in [0.05, 0.1) is 5.25 Å². The Morgan fingerprint density at radius 2 is 2.00 bits per heavy atom. The first kappa shape index (κ1) is 14.4. The van der Waals surface area contributed by atoms with Crippen molar-refractivity contribution in [3.8, 4) is 0 Å². The molecule has 6 heteroatoms. The molecule has 1 amide bonds. The summed E-state index contributed by atoms with van der Waals surface area (Å²) in [4.78, 5) is 11.6. The second-order valence-electron chi connectivity index (χ2n) is 4.74. The Balaban J connectivity index is 2.43. The summed E-state index contributed by atoms with van der Waals surface area (Å²) in [6, 6.07) is 0.169. The number of rotatable bonds is 6. The minimum atomic E-state index is -3.36. The number of nitrogens with one attached hydrogen (secondary N) is 1. The SMILES string of the molecule is CC(CCN)S(=O)(=O)CC(=O)NC1CCCC1. The van der Waals surface area contributed by atoms with Gasteiger partial charge in [0.2, 0.25) is 5.91 Å². The van der Waals surface area contributed by atoms with Gasteiger partial charge in [-0.1, -0.05) is 12.8 Å². The van der Waals surface area contributed by atoms with Gasteiger partial charge in [-0.15, -0.1) is 0 Å². The van der Waals surface area contributed by atoms with Gasteiger partial charge in [0.25, 0.3) is 0 Å². The predicted octanol–water partition coefficient (Wildman–Crippen LogP) is 0.197. The third-order valence-corrected chi connectivity index (χ3v) is 5.37. The Kier molecular flexibility index (Phi) is 5.39. The lowest BCUT2D eigenvalue weighted by molar-refractivity contribution is -0.119. The van der Waals surface area contributed by atoms with Gasteiger partial charge < -0.3 is 11.1 Å². The Labute approximate surface area is 103 Å². The number of carbonyl (C=O) groups excluding carboxylic acids is 1. The van der Waals surface area contributed by atoms with Crippen LogP contribution in [0.4, 0.5) is 0 Å². The number of amides is 1. The van der Waals surface area contributed by atoms with Crippen molar-refractivity contribution in [2.45, 2.75) is 50.3 Å². The van der Waals surface area contributed by atoms with E-state index in [2.05, 4.69) is 5.32 Å². The van der Waals surface area contributed by atoms with Crippen molar-refractivity contribution in [2.24, 2.45) is 5.73 Å². The molecule has 1 fully saturated rings. The molecule has 3 N–H and O–H groups in total. The van der Waals surface area contributed by atoms with Crippen LogP contribution in [0.25, 0.3) is 0 Å². The van der Waals surface area contributed by atoms with Crippen LogP contribution in [-0.2, 0) is 14.6 Å². The van der Waals surface area contributed by atoms with Crippen LogP contribution < -0.4 is 11.1 Å². The number of sulfone groups is 1. The van der Waals surface area contributed by atoms with E-state index in [0.717, 1.165) is 25.7 Å². The quantitative estimate of drug-likeness (QED) is 0.715. The van der Waals surface area contributed by atoms with E-state index in [9.17, 15) is 13.2 Å². The van der Waals surface area contributed by atoms with Gasteiger partial charge in [-0.05, 0) is 32.7 Å². The van der Waals surface area contributed by atoms with Crippen molar-refractivity contribution in [1.29, 1.82) is 0 Å². The Hall–Kier alpha value is -0.620. The second-order valence-corrected chi connectivity index (χ2v) is 7.16. The highest BCUT2D eigenvalue weighted by molar-refractivity contribution is 7.92. The van der Waals surface area contributed by atoms with E-state index in [1.165, 1.54) is 0 Å². The molecule has 0 aromatic heterocycles. The fourth-order valence-electron chi connectivity index (χ4n) is 2.08. The van der Waals surface area contributed by atoms with Gasteiger partial charge in [0.15, 0.2) is 9.84 Å². The van der Waals surface area contributed by atoms with E-state index in [0.29, 0.717) is 13.0 Å². The normalized spacial score (nSPS) is 19.2. The monoisotopic (exact) mass is 262 g/mol. The molecular formula is C11H22N2O3S. The summed E-state index contributed by atoms with van der Waals surface area (Å²) in [5.74, 6) is -0.786. The maximum atomic E-state index is 11.8. The van der Waals surface area contributed by atoms with Gasteiger partial charge in [-0.25, -0.2) is 8.42 Å². The van der Waals surface area contributed by atoms with Gasteiger partial charge in [0, 0.05) is 6.04 Å². The minimum Gasteiger partial charge on any atom is -0.352 e. The van der Waals surface area contributed by atoms with Crippen molar-refractivity contribution >= 4 is 15.7 Å². The Morgan fingerprint density at radius 3 is 2.53 bits per heavy atom. The van der Waals surface area contributed by atoms with Gasteiger partial charge >= 0.3 is 0 Å². The summed E-state index contributed by atoms with van der Waals surface area (Å²) >= 11 is 0. The van der Waals surface area contributed by atoms with Gasteiger partial charge in [-0.2, -0.15) is 0 Å². The lowest BCUT2D eigenvalue weighted by atomic mass is 10.2. The van der Waals surface area contributed by atoms with Crippen molar-refractivity contribution in [1.82, 2.24) is 5.32 Å². The largest absolute Gasteiger partial charge is 0.352 e. The summed E-state index contributed by atoms with van der Waals surface area (Å²) in [7, 11) is -3.36. The summed E-state index contributed by atoms with van der Waals surface area (Å²) in [6.45, 7) is 1.93. The van der Waals surface area contributed by atoms with E-state index < -0.39 is 20.8 Å². The zero-order valence-corrected chi connectivity index (χ0v) is 11.1. The summed E-state index contributed by atoms with van der Waals surface area (Å²) in [5.41, 5.74) is 5.32. The molecule has 0 heterocycles. The van der Waals surface area contributed by atoms with Crippen LogP contribution >= 0.6 is 0 Å². The van der Waals surface area contributed by atoms with Gasteiger partial charge in [0.1, 0.15) is 5.75 Å². The first-order valence-electron chi connectivity index (χ1n) is 6.16. The zero-order chi connectivity index (χ0) is 12.9. The molecule has 0 aliphatic heterocycles. The first-order valence-corrected chi connectivity index (χ1v) is 7.88. The Bertz CT molecular complexity index is 348. The molecule has 1 aliphatic carbocycles. The standard InChI is InChI=1S/C11H22N2O3S/c1-9(6-7-12)17(15,16)8-11(14)13-10-4-2-3-5-10/h9-10H,2-8,12H2,1H3,(H,13,14). The van der Waals surface area contributed by atoms with Crippen LogP contribution in [0.5, 0.6) is 0 Å². The maximum absolute atomic E-state index is 11.8. The molecule has 1 saturated carbocycles. The zero-order valence-electron chi connectivity index (χ0n) is 10.3. The minimum absolute atomic E-state index is 0.169. The average molecular weight is 262 g/mol. The fourth-order valence-corrected chi connectivity index (χ4v) is 3.31. The molecule has 0 aromatic carbocycles. The number of hydrogen-bond acceptors (Lipinski definition) is 4. The van der Waals surface area contributed by atoms with Gasteiger partial charge in [-0.3, -0.25) is 4.79 Å². The van der Waals surface area contributed by atoms with E-state index in [-0.39, 0.29) is 11.9 Å². The number of carbonyl (C=O) groups is 1. The molecular weight excluding hydrogens is 240 g/mol. The van der Waals surface area contributed by atoms with E-state index >= 15 is 0 Å². The summed E-state index contributed by atoms with van der Waals surface area (Å²) in [5, 5.41) is 2.24.